The monoisotopic (exact) mass is 445 g/mol. The molecule has 0 amide bonds. The van der Waals surface area contributed by atoms with Crippen molar-refractivity contribution in [1.82, 2.24) is 14.9 Å². The molecule has 6 rings (SSSR count). The summed E-state index contributed by atoms with van der Waals surface area (Å²) in [5.74, 6) is 0. The average Bonchev–Trinajstić information content (AvgIpc) is 3.43. The molecule has 5 nitrogen and oxygen atoms in total. The second kappa shape index (κ2) is 7.94. The normalized spacial score (nSPS) is 16.3. The highest BCUT2D eigenvalue weighted by molar-refractivity contribution is 6.34. The molecule has 162 valence electrons. The van der Waals surface area contributed by atoms with Gasteiger partial charge in [-0.3, -0.25) is 4.90 Å². The Morgan fingerprint density at radius 2 is 1.75 bits per heavy atom. The van der Waals surface area contributed by atoms with Gasteiger partial charge in [0.1, 0.15) is 0 Å². The van der Waals surface area contributed by atoms with Gasteiger partial charge in [0.25, 0.3) is 0 Å². The third-order valence-corrected chi connectivity index (χ3v) is 6.86. The molecule has 1 atom stereocenters. The Kier molecular flexibility index (Phi) is 4.92. The molecule has 0 radical (unpaired) electrons. The quantitative estimate of drug-likeness (QED) is 0.343. The zero-order valence-corrected chi connectivity index (χ0v) is 18.3. The molecule has 3 aromatic carbocycles. The summed E-state index contributed by atoms with van der Waals surface area (Å²) in [4.78, 5) is 9.11. The highest BCUT2D eigenvalue weighted by Crippen LogP contribution is 2.40. The largest absolute Gasteiger partial charge is 0.387 e. The Balaban J connectivity index is 1.48. The van der Waals surface area contributed by atoms with Gasteiger partial charge in [-0.1, -0.05) is 35.9 Å². The molecule has 1 unspecified atom stereocenters. The molecular formula is C26H24ClN3O2. The first-order valence-electron chi connectivity index (χ1n) is 11.0. The number of ether oxygens (including phenoxy) is 1. The van der Waals surface area contributed by atoms with Crippen molar-refractivity contribution in [3.05, 3.63) is 71.5 Å². The molecule has 0 bridgehead atoms. The smallest absolute Gasteiger partial charge is 0.0917 e. The first kappa shape index (κ1) is 19.8. The van der Waals surface area contributed by atoms with Gasteiger partial charge in [-0.05, 0) is 35.4 Å². The van der Waals surface area contributed by atoms with Crippen LogP contribution in [0.3, 0.4) is 0 Å². The van der Waals surface area contributed by atoms with Crippen molar-refractivity contribution < 1.29 is 9.84 Å². The minimum Gasteiger partial charge on any atom is -0.387 e. The number of aromatic amines is 2. The van der Waals surface area contributed by atoms with Crippen LogP contribution in [0.5, 0.6) is 0 Å². The minimum atomic E-state index is -0.536. The predicted molar refractivity (Wildman–Crippen MR) is 130 cm³/mol. The van der Waals surface area contributed by atoms with Crippen LogP contribution in [-0.4, -0.2) is 52.8 Å². The number of benzene rings is 3. The summed E-state index contributed by atoms with van der Waals surface area (Å²) < 4.78 is 5.43. The van der Waals surface area contributed by atoms with E-state index in [0.29, 0.717) is 6.54 Å². The number of nitrogens with one attached hydrogen (secondary N) is 2. The van der Waals surface area contributed by atoms with E-state index in [1.807, 2.05) is 36.7 Å². The van der Waals surface area contributed by atoms with Crippen LogP contribution in [0.15, 0.2) is 60.9 Å². The molecule has 6 heteroatoms. The van der Waals surface area contributed by atoms with Gasteiger partial charge in [0.2, 0.25) is 0 Å². The van der Waals surface area contributed by atoms with Crippen molar-refractivity contribution in [2.75, 3.05) is 32.8 Å². The topological polar surface area (TPSA) is 64.3 Å². The van der Waals surface area contributed by atoms with E-state index in [2.05, 4.69) is 39.1 Å². The van der Waals surface area contributed by atoms with E-state index in [1.54, 1.807) is 0 Å². The van der Waals surface area contributed by atoms with Crippen molar-refractivity contribution in [2.45, 2.75) is 6.10 Å². The van der Waals surface area contributed by atoms with Crippen LogP contribution in [0.25, 0.3) is 43.7 Å². The zero-order chi connectivity index (χ0) is 21.7. The van der Waals surface area contributed by atoms with Gasteiger partial charge in [-0.25, -0.2) is 0 Å². The Morgan fingerprint density at radius 1 is 0.938 bits per heavy atom. The summed E-state index contributed by atoms with van der Waals surface area (Å²) in [5, 5.41) is 16.2. The van der Waals surface area contributed by atoms with E-state index in [1.165, 1.54) is 0 Å². The Labute approximate surface area is 190 Å². The van der Waals surface area contributed by atoms with Gasteiger partial charge >= 0.3 is 0 Å². The number of nitrogens with zero attached hydrogens (tertiary/aromatic N) is 1. The van der Waals surface area contributed by atoms with Gasteiger partial charge in [-0.2, -0.15) is 0 Å². The number of rotatable bonds is 4. The Hall–Kier alpha value is -2.83. The lowest BCUT2D eigenvalue weighted by Crippen LogP contribution is -2.38. The van der Waals surface area contributed by atoms with Crippen LogP contribution < -0.4 is 0 Å². The van der Waals surface area contributed by atoms with E-state index in [0.717, 1.165) is 80.6 Å². The molecule has 2 aromatic heterocycles. The summed E-state index contributed by atoms with van der Waals surface area (Å²) in [7, 11) is 0. The second-order valence-electron chi connectivity index (χ2n) is 8.47. The predicted octanol–water partition coefficient (Wildman–Crippen LogP) is 5.49. The summed E-state index contributed by atoms with van der Waals surface area (Å²) in [6, 6.07) is 16.3. The van der Waals surface area contributed by atoms with Gasteiger partial charge in [-0.15, -0.1) is 0 Å². The maximum atomic E-state index is 10.9. The number of hydrogen-bond donors (Lipinski definition) is 3. The minimum absolute atomic E-state index is 0.536. The third-order valence-electron chi connectivity index (χ3n) is 6.53. The number of β-amino-alcohol motifs (C(OH)–C–C–N with tert-alkyl or cyclic N) is 1. The van der Waals surface area contributed by atoms with Crippen LogP contribution in [0, 0.1) is 0 Å². The molecule has 3 heterocycles. The molecule has 32 heavy (non-hydrogen) atoms. The van der Waals surface area contributed by atoms with Crippen LogP contribution in [0.4, 0.5) is 0 Å². The van der Waals surface area contributed by atoms with Gasteiger partial charge < -0.3 is 19.8 Å². The summed E-state index contributed by atoms with van der Waals surface area (Å²) in [6.45, 7) is 3.80. The lowest BCUT2D eigenvalue weighted by atomic mass is 9.97. The van der Waals surface area contributed by atoms with Gasteiger partial charge in [0.15, 0.2) is 0 Å². The number of aliphatic hydroxyl groups excluding tert-OH is 1. The summed E-state index contributed by atoms with van der Waals surface area (Å²) in [5.41, 5.74) is 5.16. The number of aliphatic hydroxyl groups is 1. The van der Waals surface area contributed by atoms with E-state index in [-0.39, 0.29) is 0 Å². The number of aromatic nitrogens is 2. The summed E-state index contributed by atoms with van der Waals surface area (Å²) >= 11 is 6.53. The number of fused-ring (bicyclic) bond motifs is 5. The Bertz CT molecular complexity index is 1430. The third kappa shape index (κ3) is 3.29. The molecule has 1 aliphatic heterocycles. The zero-order valence-electron chi connectivity index (χ0n) is 17.6. The number of morpholine rings is 1. The molecule has 1 aliphatic rings. The second-order valence-corrected chi connectivity index (χ2v) is 8.88. The van der Waals surface area contributed by atoms with Crippen molar-refractivity contribution in [1.29, 1.82) is 0 Å². The fourth-order valence-electron chi connectivity index (χ4n) is 4.89. The highest BCUT2D eigenvalue weighted by atomic mass is 35.5. The molecule has 3 N–H and O–H groups in total. The highest BCUT2D eigenvalue weighted by Gasteiger charge is 2.19. The summed E-state index contributed by atoms with van der Waals surface area (Å²) in [6.07, 6.45) is 3.54. The van der Waals surface area contributed by atoms with Crippen molar-refractivity contribution >= 4 is 44.2 Å². The van der Waals surface area contributed by atoms with Gasteiger partial charge in [0, 0.05) is 75.2 Å². The molecule has 1 saturated heterocycles. The maximum absolute atomic E-state index is 10.9. The molecule has 1 fully saturated rings. The maximum Gasteiger partial charge on any atom is 0.0917 e. The lowest BCUT2D eigenvalue weighted by molar-refractivity contribution is 0.0143. The SMILES string of the molecule is OC(CN1CCOCC1)c1ccc2[nH]c3cc(-c4ccccc4Cl)c4c[nH]cc4c3c2c1. The van der Waals surface area contributed by atoms with Crippen LogP contribution >= 0.6 is 11.6 Å². The van der Waals surface area contributed by atoms with E-state index >= 15 is 0 Å². The van der Waals surface area contributed by atoms with Gasteiger partial charge in [0.05, 0.1) is 19.3 Å². The van der Waals surface area contributed by atoms with Crippen molar-refractivity contribution in [3.8, 4) is 11.1 Å². The molecule has 0 spiro atoms. The molecular weight excluding hydrogens is 422 g/mol. The Morgan fingerprint density at radius 3 is 2.59 bits per heavy atom. The fourth-order valence-corrected chi connectivity index (χ4v) is 5.13. The average molecular weight is 446 g/mol. The van der Waals surface area contributed by atoms with E-state index < -0.39 is 6.10 Å². The van der Waals surface area contributed by atoms with E-state index in [4.69, 9.17) is 16.3 Å². The fraction of sp³-hybridized carbons (Fsp3) is 0.231. The first-order chi connectivity index (χ1) is 15.7. The van der Waals surface area contributed by atoms with Crippen molar-refractivity contribution in [3.63, 3.8) is 0 Å². The lowest BCUT2D eigenvalue weighted by Gasteiger charge is -2.28. The standard InChI is InChI=1S/C26H24ClN3O2/c27-22-4-2-1-3-17(22)18-12-24-26(21-14-28-13-20(18)21)19-11-16(5-6-23(19)29-24)25(31)15-30-7-9-32-10-8-30/h1-6,11-14,25,28-29,31H,7-10,15H2. The number of hydrogen-bond acceptors (Lipinski definition) is 3. The first-order valence-corrected chi connectivity index (χ1v) is 11.3. The molecule has 0 aliphatic carbocycles. The van der Waals surface area contributed by atoms with E-state index in [9.17, 15) is 5.11 Å². The number of halogens is 1. The van der Waals surface area contributed by atoms with Crippen molar-refractivity contribution in [2.24, 2.45) is 0 Å². The molecule has 5 aromatic rings. The van der Waals surface area contributed by atoms with Crippen LogP contribution in [0.2, 0.25) is 5.02 Å². The number of H-pyrrole nitrogens is 2. The van der Waals surface area contributed by atoms with Crippen LogP contribution in [-0.2, 0) is 4.74 Å². The molecule has 0 saturated carbocycles. The van der Waals surface area contributed by atoms with Crippen LogP contribution in [0.1, 0.15) is 11.7 Å².